The van der Waals surface area contributed by atoms with Crippen LogP contribution in [-0.2, 0) is 9.59 Å². The number of amides is 3. The van der Waals surface area contributed by atoms with Crippen molar-refractivity contribution in [1.82, 2.24) is 14.9 Å². The third-order valence-corrected chi connectivity index (χ3v) is 6.01. The number of hydrogen-bond acceptors (Lipinski definition) is 6. The third kappa shape index (κ3) is 3.76. The SMILES string of the molecule is Cc1cc(C)nc(SCC(=O)N2C(=O)[C@H]3CCCCN3C(=O)c3ccccc32)n1. The largest absolute Gasteiger partial charge is 0.327 e. The van der Waals surface area contributed by atoms with E-state index in [-0.39, 0.29) is 23.5 Å². The molecule has 0 N–H and O–H groups in total. The molecule has 0 bridgehead atoms. The quantitative estimate of drug-likeness (QED) is 0.572. The van der Waals surface area contributed by atoms with Crippen molar-refractivity contribution in [2.75, 3.05) is 17.2 Å². The van der Waals surface area contributed by atoms with Gasteiger partial charge in [-0.2, -0.15) is 0 Å². The van der Waals surface area contributed by atoms with Gasteiger partial charge in [0.2, 0.25) is 5.91 Å². The van der Waals surface area contributed by atoms with E-state index in [4.69, 9.17) is 0 Å². The molecule has 0 unspecified atom stereocenters. The van der Waals surface area contributed by atoms with Crippen LogP contribution in [0.4, 0.5) is 5.69 Å². The van der Waals surface area contributed by atoms with Gasteiger partial charge in [-0.25, -0.2) is 14.9 Å². The number of piperidine rings is 1. The van der Waals surface area contributed by atoms with Crippen LogP contribution in [0.1, 0.15) is 41.0 Å². The molecule has 4 rings (SSSR count). The summed E-state index contributed by atoms with van der Waals surface area (Å²) in [6, 6.07) is 8.12. The van der Waals surface area contributed by atoms with Gasteiger partial charge in [0, 0.05) is 17.9 Å². The minimum absolute atomic E-state index is 0.0177. The molecule has 150 valence electrons. The molecular formula is C21H22N4O3S. The van der Waals surface area contributed by atoms with E-state index in [0.29, 0.717) is 29.4 Å². The minimum atomic E-state index is -0.588. The normalized spacial score (nSPS) is 18.9. The Kier molecular flexibility index (Phi) is 5.36. The van der Waals surface area contributed by atoms with Gasteiger partial charge in [0.1, 0.15) is 6.04 Å². The summed E-state index contributed by atoms with van der Waals surface area (Å²) in [4.78, 5) is 51.0. The first kappa shape index (κ1) is 19.6. The van der Waals surface area contributed by atoms with Gasteiger partial charge in [-0.3, -0.25) is 14.4 Å². The summed E-state index contributed by atoms with van der Waals surface area (Å²) in [7, 11) is 0. The molecule has 0 spiro atoms. The second-order valence-corrected chi connectivity index (χ2v) is 8.26. The Labute approximate surface area is 173 Å². The van der Waals surface area contributed by atoms with E-state index in [1.165, 1.54) is 16.7 Å². The van der Waals surface area contributed by atoms with Crippen molar-refractivity contribution in [3.05, 3.63) is 47.3 Å². The number of carbonyl (C=O) groups is 3. The first-order valence-electron chi connectivity index (χ1n) is 9.67. The molecule has 0 saturated carbocycles. The molecular weight excluding hydrogens is 388 g/mol. The molecule has 1 atom stereocenters. The molecule has 7 nitrogen and oxygen atoms in total. The Morgan fingerprint density at radius 3 is 2.62 bits per heavy atom. The van der Waals surface area contributed by atoms with E-state index >= 15 is 0 Å². The van der Waals surface area contributed by atoms with Gasteiger partial charge in [0.15, 0.2) is 5.16 Å². The van der Waals surface area contributed by atoms with Crippen LogP contribution >= 0.6 is 11.8 Å². The maximum absolute atomic E-state index is 13.3. The summed E-state index contributed by atoms with van der Waals surface area (Å²) < 4.78 is 0. The number of aryl methyl sites for hydroxylation is 2. The van der Waals surface area contributed by atoms with Crippen LogP contribution in [0.15, 0.2) is 35.5 Å². The molecule has 1 aromatic carbocycles. The number of carbonyl (C=O) groups excluding carboxylic acids is 3. The highest BCUT2D eigenvalue weighted by atomic mass is 32.2. The van der Waals surface area contributed by atoms with Gasteiger partial charge in [0.05, 0.1) is 17.0 Å². The van der Waals surface area contributed by atoms with Crippen LogP contribution in [0.3, 0.4) is 0 Å². The van der Waals surface area contributed by atoms with Gasteiger partial charge in [-0.15, -0.1) is 0 Å². The average molecular weight is 410 g/mol. The predicted octanol–water partition coefficient (Wildman–Crippen LogP) is 2.75. The van der Waals surface area contributed by atoms with Crippen molar-refractivity contribution in [3.63, 3.8) is 0 Å². The Morgan fingerprint density at radius 2 is 1.86 bits per heavy atom. The topological polar surface area (TPSA) is 83.5 Å². The van der Waals surface area contributed by atoms with Crippen LogP contribution < -0.4 is 4.90 Å². The van der Waals surface area contributed by atoms with E-state index in [1.807, 2.05) is 19.9 Å². The number of aromatic nitrogens is 2. The summed E-state index contributed by atoms with van der Waals surface area (Å²) >= 11 is 1.20. The van der Waals surface area contributed by atoms with Gasteiger partial charge >= 0.3 is 0 Å². The molecule has 0 radical (unpaired) electrons. The standard InChI is InChI=1S/C21H22N4O3S/c1-13-11-14(2)23-21(22-13)29-12-18(26)25-16-8-4-3-7-15(16)19(27)24-10-6-5-9-17(24)20(25)28/h3-4,7-8,11,17H,5-6,9-10,12H2,1-2H3/t17-/m1/s1. The van der Waals surface area contributed by atoms with Gasteiger partial charge in [-0.05, 0) is 51.3 Å². The smallest absolute Gasteiger partial charge is 0.256 e. The second kappa shape index (κ2) is 7.94. The van der Waals surface area contributed by atoms with Crippen LogP contribution in [0, 0.1) is 13.8 Å². The fourth-order valence-electron chi connectivity index (χ4n) is 3.91. The molecule has 2 aromatic rings. The number of fused-ring (bicyclic) bond motifs is 2. The zero-order chi connectivity index (χ0) is 20.5. The van der Waals surface area contributed by atoms with Gasteiger partial charge in [-0.1, -0.05) is 23.9 Å². The van der Waals surface area contributed by atoms with Crippen LogP contribution in [0.25, 0.3) is 0 Å². The van der Waals surface area contributed by atoms with E-state index < -0.39 is 6.04 Å². The van der Waals surface area contributed by atoms with Crippen molar-refractivity contribution in [3.8, 4) is 0 Å². The lowest BCUT2D eigenvalue weighted by atomic mass is 10.0. The number of anilines is 1. The Hall–Kier alpha value is -2.74. The summed E-state index contributed by atoms with van der Waals surface area (Å²) in [5.74, 6) is -0.853. The lowest BCUT2D eigenvalue weighted by Crippen LogP contribution is -2.52. The van der Waals surface area contributed by atoms with Gasteiger partial charge < -0.3 is 4.90 Å². The highest BCUT2D eigenvalue weighted by molar-refractivity contribution is 7.99. The zero-order valence-electron chi connectivity index (χ0n) is 16.4. The summed E-state index contributed by atoms with van der Waals surface area (Å²) in [6.45, 7) is 4.29. The first-order chi connectivity index (χ1) is 14.0. The Bertz CT molecular complexity index is 973. The van der Waals surface area contributed by atoms with Crippen molar-refractivity contribution in [2.24, 2.45) is 0 Å². The Balaban J connectivity index is 1.65. The van der Waals surface area contributed by atoms with E-state index in [2.05, 4.69) is 9.97 Å². The summed E-state index contributed by atoms with van der Waals surface area (Å²) in [5.41, 5.74) is 2.41. The molecule has 1 fully saturated rings. The van der Waals surface area contributed by atoms with Gasteiger partial charge in [0.25, 0.3) is 11.8 Å². The fourth-order valence-corrected chi connectivity index (χ4v) is 4.71. The minimum Gasteiger partial charge on any atom is -0.327 e. The lowest BCUT2D eigenvalue weighted by molar-refractivity contribution is -0.128. The molecule has 2 aliphatic heterocycles. The molecule has 8 heteroatoms. The third-order valence-electron chi connectivity index (χ3n) is 5.18. The monoisotopic (exact) mass is 410 g/mol. The summed E-state index contributed by atoms with van der Waals surface area (Å²) in [5, 5.41) is 0.502. The van der Waals surface area contributed by atoms with Crippen molar-refractivity contribution in [2.45, 2.75) is 44.3 Å². The molecule has 2 aliphatic rings. The highest BCUT2D eigenvalue weighted by Crippen LogP contribution is 2.32. The average Bonchev–Trinajstić information content (AvgIpc) is 2.80. The lowest BCUT2D eigenvalue weighted by Gasteiger charge is -2.34. The molecule has 1 aromatic heterocycles. The zero-order valence-corrected chi connectivity index (χ0v) is 17.2. The number of rotatable bonds is 3. The number of imide groups is 1. The number of hydrogen-bond donors (Lipinski definition) is 0. The highest BCUT2D eigenvalue weighted by Gasteiger charge is 2.42. The molecule has 3 heterocycles. The van der Waals surface area contributed by atoms with Crippen molar-refractivity contribution >= 4 is 35.2 Å². The van der Waals surface area contributed by atoms with Crippen molar-refractivity contribution in [1.29, 1.82) is 0 Å². The molecule has 1 saturated heterocycles. The maximum atomic E-state index is 13.3. The fraction of sp³-hybridized carbons (Fsp3) is 0.381. The van der Waals surface area contributed by atoms with Crippen LogP contribution in [0.5, 0.6) is 0 Å². The Morgan fingerprint density at radius 1 is 1.14 bits per heavy atom. The van der Waals surface area contributed by atoms with E-state index in [0.717, 1.165) is 24.2 Å². The molecule has 29 heavy (non-hydrogen) atoms. The predicted molar refractivity (Wildman–Crippen MR) is 110 cm³/mol. The number of nitrogens with zero attached hydrogens (tertiary/aromatic N) is 4. The number of thioether (sulfide) groups is 1. The number of para-hydroxylation sites is 1. The molecule has 3 amide bonds. The maximum Gasteiger partial charge on any atom is 0.256 e. The summed E-state index contributed by atoms with van der Waals surface area (Å²) in [6.07, 6.45) is 2.31. The molecule has 0 aliphatic carbocycles. The first-order valence-corrected chi connectivity index (χ1v) is 10.7. The van der Waals surface area contributed by atoms with Crippen molar-refractivity contribution < 1.29 is 14.4 Å². The van der Waals surface area contributed by atoms with E-state index in [1.54, 1.807) is 29.2 Å². The van der Waals surface area contributed by atoms with Crippen LogP contribution in [0.2, 0.25) is 0 Å². The van der Waals surface area contributed by atoms with E-state index in [9.17, 15) is 14.4 Å². The number of benzene rings is 1. The second-order valence-electron chi connectivity index (χ2n) is 7.32. The van der Waals surface area contributed by atoms with Crippen LogP contribution in [-0.4, -0.2) is 50.9 Å².